The Morgan fingerprint density at radius 3 is 2.80 bits per heavy atom. The van der Waals surface area contributed by atoms with E-state index in [4.69, 9.17) is 0 Å². The molecule has 2 heterocycles. The van der Waals surface area contributed by atoms with Gasteiger partial charge >= 0.3 is 0 Å². The highest BCUT2D eigenvalue weighted by Gasteiger charge is 2.16. The zero-order valence-corrected chi connectivity index (χ0v) is 13.8. The molecule has 2 rings (SSSR count). The maximum absolute atomic E-state index is 12.0. The summed E-state index contributed by atoms with van der Waals surface area (Å²) in [5.41, 5.74) is 0.944. The first kappa shape index (κ1) is 15.7. The third kappa shape index (κ3) is 4.69. The second-order valence-electron chi connectivity index (χ2n) is 4.83. The molecule has 112 valence electrons. The predicted molar refractivity (Wildman–Crippen MR) is 83.4 cm³/mol. The fourth-order valence-electron chi connectivity index (χ4n) is 1.99. The lowest BCUT2D eigenvalue weighted by Gasteiger charge is -2.26. The molecule has 1 saturated heterocycles. The van der Waals surface area contributed by atoms with Crippen LogP contribution in [-0.4, -0.2) is 56.8 Å². The fourth-order valence-corrected chi connectivity index (χ4v) is 3.24. The van der Waals surface area contributed by atoms with Crippen LogP contribution in [0.5, 0.6) is 0 Å². The Hall–Kier alpha value is -0.700. The van der Waals surface area contributed by atoms with Gasteiger partial charge in [-0.3, -0.25) is 9.62 Å². The van der Waals surface area contributed by atoms with Crippen molar-refractivity contribution in [2.75, 3.05) is 43.2 Å². The lowest BCUT2D eigenvalue weighted by Crippen LogP contribution is -2.45. The van der Waals surface area contributed by atoms with Crippen molar-refractivity contribution in [2.24, 2.45) is 0 Å². The van der Waals surface area contributed by atoms with E-state index < -0.39 is 10.0 Å². The van der Waals surface area contributed by atoms with E-state index in [0.717, 1.165) is 36.2 Å². The van der Waals surface area contributed by atoms with Gasteiger partial charge in [0.05, 0.1) is 5.75 Å². The van der Waals surface area contributed by atoms with Crippen molar-refractivity contribution >= 4 is 31.8 Å². The normalized spacial score (nSPS) is 17.1. The number of hydrogen-bond donors (Lipinski definition) is 2. The summed E-state index contributed by atoms with van der Waals surface area (Å²) in [6.07, 6.45) is 1.60. The Bertz CT molecular complexity index is 559. The molecule has 6 nitrogen and oxygen atoms in total. The van der Waals surface area contributed by atoms with Crippen LogP contribution < -0.4 is 10.0 Å². The molecule has 1 aromatic rings. The van der Waals surface area contributed by atoms with Gasteiger partial charge < -0.3 is 5.32 Å². The lowest BCUT2D eigenvalue weighted by molar-refractivity contribution is 0.254. The number of anilines is 1. The van der Waals surface area contributed by atoms with Gasteiger partial charge in [-0.25, -0.2) is 13.4 Å². The molecule has 2 N–H and O–H groups in total. The van der Waals surface area contributed by atoms with Gasteiger partial charge in [-0.15, -0.1) is 0 Å². The van der Waals surface area contributed by atoms with Gasteiger partial charge in [0, 0.05) is 43.4 Å². The lowest BCUT2D eigenvalue weighted by atomic mass is 10.3. The number of hydrogen-bond acceptors (Lipinski definition) is 5. The molecular weight excluding hydrogens is 344 g/mol. The highest BCUT2D eigenvalue weighted by atomic mass is 79.9. The Balaban J connectivity index is 1.91. The fraction of sp³-hybridized carbons (Fsp3) is 0.583. The maximum atomic E-state index is 12.0. The topological polar surface area (TPSA) is 74.3 Å². The molecule has 0 saturated carbocycles. The highest BCUT2D eigenvalue weighted by molar-refractivity contribution is 9.10. The standard InChI is InChI=1S/C12H19BrN4O2S/c1-10-8-12(15-9-11(10)13)16-20(18,19)7-6-17-4-2-14-3-5-17/h8-9,14H,2-7H2,1H3,(H,15,16). The van der Waals surface area contributed by atoms with Gasteiger partial charge in [0.2, 0.25) is 10.0 Å². The minimum Gasteiger partial charge on any atom is -0.314 e. The average Bonchev–Trinajstić information content (AvgIpc) is 2.42. The first-order chi connectivity index (χ1) is 9.46. The first-order valence-electron chi connectivity index (χ1n) is 6.52. The Morgan fingerprint density at radius 2 is 2.15 bits per heavy atom. The van der Waals surface area contributed by atoms with Crippen molar-refractivity contribution in [3.63, 3.8) is 0 Å². The molecule has 0 spiro atoms. The SMILES string of the molecule is Cc1cc(NS(=O)(=O)CCN2CCNCC2)ncc1Br. The zero-order valence-electron chi connectivity index (χ0n) is 11.4. The van der Waals surface area contributed by atoms with Crippen LogP contribution in [0.1, 0.15) is 5.56 Å². The van der Waals surface area contributed by atoms with E-state index in [2.05, 4.69) is 35.9 Å². The number of sulfonamides is 1. The smallest absolute Gasteiger partial charge is 0.235 e. The van der Waals surface area contributed by atoms with Crippen LogP contribution >= 0.6 is 15.9 Å². The molecule has 1 aromatic heterocycles. The van der Waals surface area contributed by atoms with Crippen molar-refractivity contribution in [1.29, 1.82) is 0 Å². The van der Waals surface area contributed by atoms with Crippen molar-refractivity contribution in [3.05, 3.63) is 22.3 Å². The predicted octanol–water partition coefficient (Wildman–Crippen LogP) is 0.799. The molecular formula is C12H19BrN4O2S. The van der Waals surface area contributed by atoms with E-state index >= 15 is 0 Å². The molecule has 20 heavy (non-hydrogen) atoms. The van der Waals surface area contributed by atoms with Crippen LogP contribution in [0, 0.1) is 6.92 Å². The number of halogens is 1. The van der Waals surface area contributed by atoms with Gasteiger partial charge in [-0.1, -0.05) is 0 Å². The summed E-state index contributed by atoms with van der Waals surface area (Å²) in [5, 5.41) is 3.24. The number of nitrogens with zero attached hydrogens (tertiary/aromatic N) is 2. The summed E-state index contributed by atoms with van der Waals surface area (Å²) in [5.74, 6) is 0.454. The molecule has 1 fully saturated rings. The van der Waals surface area contributed by atoms with E-state index in [1.54, 1.807) is 12.3 Å². The molecule has 0 bridgehead atoms. The summed E-state index contributed by atoms with van der Waals surface area (Å²) >= 11 is 3.34. The van der Waals surface area contributed by atoms with Crippen LogP contribution in [-0.2, 0) is 10.0 Å². The molecule has 1 aliphatic heterocycles. The molecule has 0 amide bonds. The minimum absolute atomic E-state index is 0.0871. The molecule has 0 aliphatic carbocycles. The molecule has 0 aromatic carbocycles. The summed E-state index contributed by atoms with van der Waals surface area (Å²) < 4.78 is 27.5. The van der Waals surface area contributed by atoms with Crippen molar-refractivity contribution in [1.82, 2.24) is 15.2 Å². The van der Waals surface area contributed by atoms with E-state index in [-0.39, 0.29) is 5.75 Å². The Labute approximate surface area is 128 Å². The third-order valence-electron chi connectivity index (χ3n) is 3.19. The number of piperazine rings is 1. The van der Waals surface area contributed by atoms with E-state index in [9.17, 15) is 8.42 Å². The Kier molecular flexibility index (Phi) is 5.36. The summed E-state index contributed by atoms with van der Waals surface area (Å²) in [6, 6.07) is 1.71. The third-order valence-corrected chi connectivity index (χ3v) is 5.26. The number of pyridine rings is 1. The molecule has 0 atom stereocenters. The summed E-state index contributed by atoms with van der Waals surface area (Å²) in [4.78, 5) is 6.21. The monoisotopic (exact) mass is 362 g/mol. The van der Waals surface area contributed by atoms with Gasteiger partial charge in [0.1, 0.15) is 5.82 Å². The van der Waals surface area contributed by atoms with Crippen LogP contribution in [0.25, 0.3) is 0 Å². The molecule has 0 radical (unpaired) electrons. The van der Waals surface area contributed by atoms with Crippen LogP contribution in [0.4, 0.5) is 5.82 Å². The van der Waals surface area contributed by atoms with E-state index in [0.29, 0.717) is 12.4 Å². The quantitative estimate of drug-likeness (QED) is 0.810. The van der Waals surface area contributed by atoms with Gasteiger partial charge in [0.15, 0.2) is 0 Å². The van der Waals surface area contributed by atoms with Crippen LogP contribution in [0.3, 0.4) is 0 Å². The van der Waals surface area contributed by atoms with E-state index in [1.807, 2.05) is 6.92 Å². The average molecular weight is 363 g/mol. The van der Waals surface area contributed by atoms with Crippen LogP contribution in [0.15, 0.2) is 16.7 Å². The van der Waals surface area contributed by atoms with Crippen LogP contribution in [0.2, 0.25) is 0 Å². The number of aryl methyl sites for hydroxylation is 1. The minimum atomic E-state index is -3.35. The Morgan fingerprint density at radius 1 is 1.45 bits per heavy atom. The summed E-state index contributed by atoms with van der Waals surface area (Å²) in [7, 11) is -3.35. The highest BCUT2D eigenvalue weighted by Crippen LogP contribution is 2.17. The molecule has 0 unspecified atom stereocenters. The largest absolute Gasteiger partial charge is 0.314 e. The zero-order chi connectivity index (χ0) is 14.6. The number of aromatic nitrogens is 1. The molecule has 1 aliphatic rings. The maximum Gasteiger partial charge on any atom is 0.235 e. The second-order valence-corrected chi connectivity index (χ2v) is 7.53. The molecule has 8 heteroatoms. The van der Waals surface area contributed by atoms with Gasteiger partial charge in [-0.2, -0.15) is 0 Å². The van der Waals surface area contributed by atoms with Gasteiger partial charge in [0.25, 0.3) is 0 Å². The summed E-state index contributed by atoms with van der Waals surface area (Å²) in [6.45, 7) is 6.06. The van der Waals surface area contributed by atoms with Crippen molar-refractivity contribution in [3.8, 4) is 0 Å². The number of rotatable bonds is 5. The van der Waals surface area contributed by atoms with Gasteiger partial charge in [-0.05, 0) is 34.5 Å². The second kappa shape index (κ2) is 6.84. The first-order valence-corrected chi connectivity index (χ1v) is 8.96. The number of nitrogens with one attached hydrogen (secondary N) is 2. The van der Waals surface area contributed by atoms with Crippen molar-refractivity contribution < 1.29 is 8.42 Å². The van der Waals surface area contributed by atoms with Crippen molar-refractivity contribution in [2.45, 2.75) is 6.92 Å². The van der Waals surface area contributed by atoms with E-state index in [1.165, 1.54) is 0 Å².